The molecule has 0 unspecified atom stereocenters. The lowest BCUT2D eigenvalue weighted by Crippen LogP contribution is -2.59. The third-order valence-electron chi connectivity index (χ3n) is 4.53. The van der Waals surface area contributed by atoms with E-state index in [0.29, 0.717) is 7.11 Å². The molecule has 3 rings (SSSR count). The minimum absolute atomic E-state index is 0.0668. The van der Waals surface area contributed by atoms with Crippen molar-refractivity contribution in [3.8, 4) is 5.75 Å². The molecule has 3 aromatic rings. The van der Waals surface area contributed by atoms with E-state index in [1.54, 1.807) is 0 Å². The van der Waals surface area contributed by atoms with Gasteiger partial charge in [0.15, 0.2) is 52.3 Å². The summed E-state index contributed by atoms with van der Waals surface area (Å²) in [4.78, 5) is 0. The molecule has 0 saturated carbocycles. The van der Waals surface area contributed by atoms with Crippen molar-refractivity contribution in [1.82, 2.24) is 0 Å². The number of hydrogen-bond acceptors (Lipinski definition) is 1. The second-order valence-corrected chi connectivity index (χ2v) is 8.90. The Morgan fingerprint density at radius 3 is 1.19 bits per heavy atom. The van der Waals surface area contributed by atoms with Crippen LogP contribution < -0.4 is 18.0 Å². The Kier molecular flexibility index (Phi) is 6.44. The first kappa shape index (κ1) is 23.9. The molecule has 0 aliphatic rings. The third-order valence-corrected chi connectivity index (χ3v) is 7.85. The number of halogens is 11. The van der Waals surface area contributed by atoms with Crippen molar-refractivity contribution in [2.75, 3.05) is 7.11 Å². The van der Waals surface area contributed by atoms with E-state index >= 15 is 0 Å². The normalized spacial score (nSPS) is 11.1. The Balaban J connectivity index is 2.57. The average Bonchev–Trinajstić information content (AvgIpc) is 2.70. The number of methoxy groups -OCH3 is 1. The van der Waals surface area contributed by atoms with Crippen LogP contribution in [0, 0.1) is 64.0 Å². The molecule has 0 heterocycles. The molecule has 0 radical (unpaired) electrons. The molecule has 3 aromatic carbocycles. The Hall–Kier alpha value is -2.78. The van der Waals surface area contributed by atoms with E-state index < -0.39 is 97.2 Å². The van der Waals surface area contributed by atoms with Gasteiger partial charge >= 0.3 is 14.1 Å². The van der Waals surface area contributed by atoms with E-state index in [-0.39, 0.29) is 18.2 Å². The molecule has 1 nitrogen and oxygen atoms in total. The molecule has 0 atom stereocenters. The Labute approximate surface area is 176 Å². The van der Waals surface area contributed by atoms with Gasteiger partial charge in [-0.05, 0) is 13.3 Å². The fourth-order valence-corrected chi connectivity index (χ4v) is 6.25. The molecule has 13 heteroatoms. The van der Waals surface area contributed by atoms with E-state index in [0.717, 1.165) is 0 Å². The molecule has 0 bridgehead atoms. The van der Waals surface area contributed by atoms with Crippen LogP contribution in [-0.4, -0.2) is 21.3 Å². The summed E-state index contributed by atoms with van der Waals surface area (Å²) in [6.45, 7) is 0. The molecule has 0 spiro atoms. The molecule has 0 amide bonds. The molecule has 0 fully saturated rings. The van der Waals surface area contributed by atoms with Crippen LogP contribution in [-0.2, 0) is 0 Å². The second kappa shape index (κ2) is 8.63. The van der Waals surface area contributed by atoms with Crippen molar-refractivity contribution in [3.63, 3.8) is 0 Å². The Morgan fingerprint density at radius 1 is 0.469 bits per heavy atom. The lowest BCUT2D eigenvalue weighted by molar-refractivity contribution is 0.358. The zero-order valence-electron chi connectivity index (χ0n) is 15.4. The molecular formula is C19H6AlF11O. The van der Waals surface area contributed by atoms with Crippen LogP contribution in [0.3, 0.4) is 0 Å². The van der Waals surface area contributed by atoms with Crippen LogP contribution >= 0.6 is 0 Å². The summed E-state index contributed by atoms with van der Waals surface area (Å²) in [5, 5.41) is 0. The van der Waals surface area contributed by atoms with Crippen LogP contribution in [0.15, 0.2) is 18.2 Å². The maximum atomic E-state index is 14.9. The third kappa shape index (κ3) is 3.69. The zero-order valence-corrected chi connectivity index (χ0v) is 16.5. The summed E-state index contributed by atoms with van der Waals surface area (Å²) < 4.78 is 155. The predicted octanol–water partition coefficient (Wildman–Crippen LogP) is 3.74. The first-order chi connectivity index (χ1) is 14.9. The van der Waals surface area contributed by atoms with Crippen LogP contribution in [0.1, 0.15) is 0 Å². The molecule has 168 valence electrons. The number of benzene rings is 3. The SMILES string of the molecule is COc1c(F)cc(F)[c]([Al]([c]2c(F)cc(F)c(F)c2F)[c]2c(F)cc(F)c(F)c2F)c1F. The molecule has 0 aromatic heterocycles. The summed E-state index contributed by atoms with van der Waals surface area (Å²) in [7, 11) is 0.692. The Bertz CT molecular complexity index is 1180. The van der Waals surface area contributed by atoms with Gasteiger partial charge in [-0.3, -0.25) is 0 Å². The minimum atomic E-state index is -5.01. The van der Waals surface area contributed by atoms with Crippen molar-refractivity contribution in [2.24, 2.45) is 0 Å². The van der Waals surface area contributed by atoms with Gasteiger partial charge in [0.05, 0.1) is 7.11 Å². The van der Waals surface area contributed by atoms with E-state index in [1.807, 2.05) is 0 Å². The summed E-state index contributed by atoms with van der Waals surface area (Å²) >= 11 is -5.01. The van der Waals surface area contributed by atoms with Gasteiger partial charge in [-0.2, -0.15) is 0 Å². The summed E-state index contributed by atoms with van der Waals surface area (Å²) in [5.41, 5.74) is 0. The quantitative estimate of drug-likeness (QED) is 0.237. The van der Waals surface area contributed by atoms with Gasteiger partial charge in [-0.25, -0.2) is 48.3 Å². The van der Waals surface area contributed by atoms with E-state index in [9.17, 15) is 48.3 Å². The van der Waals surface area contributed by atoms with Crippen molar-refractivity contribution in [1.29, 1.82) is 0 Å². The number of ether oxygens (including phenoxy) is 1. The minimum Gasteiger partial charge on any atom is -0.491 e. The van der Waals surface area contributed by atoms with Crippen LogP contribution in [0.4, 0.5) is 48.3 Å². The van der Waals surface area contributed by atoms with Gasteiger partial charge in [-0.1, -0.05) is 0 Å². The maximum Gasteiger partial charge on any atom is 0.412 e. The number of rotatable bonds is 4. The van der Waals surface area contributed by atoms with E-state index in [4.69, 9.17) is 0 Å². The lowest BCUT2D eigenvalue weighted by atomic mass is 10.3. The van der Waals surface area contributed by atoms with Crippen molar-refractivity contribution in [3.05, 3.63) is 82.2 Å². The van der Waals surface area contributed by atoms with E-state index in [1.165, 1.54) is 0 Å². The first-order valence-corrected chi connectivity index (χ1v) is 10.0. The van der Waals surface area contributed by atoms with Gasteiger partial charge in [0, 0.05) is 18.2 Å². The molecule has 0 N–H and O–H groups in total. The zero-order chi connectivity index (χ0) is 24.1. The van der Waals surface area contributed by atoms with Crippen molar-refractivity contribution < 1.29 is 53.0 Å². The maximum absolute atomic E-state index is 14.9. The molecule has 0 saturated heterocycles. The average molecular weight is 486 g/mol. The molecule has 0 aliphatic heterocycles. The highest BCUT2D eigenvalue weighted by Gasteiger charge is 2.43. The van der Waals surface area contributed by atoms with Crippen LogP contribution in [0.5, 0.6) is 5.75 Å². The van der Waals surface area contributed by atoms with Gasteiger partial charge < -0.3 is 4.74 Å². The summed E-state index contributed by atoms with van der Waals surface area (Å²) in [6, 6.07) is -0.622. The molecule has 0 aliphatic carbocycles. The standard InChI is InChI=1S/C7H4F3O.2C6HF4.Al/c1-11-7-5(9)2-4(8)3-6(7)10;2*7-3-1-4(8)6(10)5(9)2-3;/h2H,1H3;2*1H;. The monoisotopic (exact) mass is 486 g/mol. The highest BCUT2D eigenvalue weighted by Crippen LogP contribution is 2.23. The van der Waals surface area contributed by atoms with Gasteiger partial charge in [0.25, 0.3) is 0 Å². The smallest absolute Gasteiger partial charge is 0.412 e. The number of hydrogen-bond donors (Lipinski definition) is 0. The summed E-state index contributed by atoms with van der Waals surface area (Å²) in [5.74, 6) is -24.9. The lowest BCUT2D eigenvalue weighted by Gasteiger charge is -2.20. The van der Waals surface area contributed by atoms with Gasteiger partial charge in [0.2, 0.25) is 0 Å². The predicted molar refractivity (Wildman–Crippen MR) is 90.1 cm³/mol. The van der Waals surface area contributed by atoms with E-state index in [2.05, 4.69) is 4.74 Å². The van der Waals surface area contributed by atoms with Gasteiger partial charge in [-0.15, -0.1) is 0 Å². The Morgan fingerprint density at radius 2 is 0.812 bits per heavy atom. The molecule has 32 heavy (non-hydrogen) atoms. The van der Waals surface area contributed by atoms with Crippen molar-refractivity contribution in [2.45, 2.75) is 0 Å². The van der Waals surface area contributed by atoms with Gasteiger partial charge in [0.1, 0.15) is 17.5 Å². The van der Waals surface area contributed by atoms with Crippen molar-refractivity contribution >= 4 is 27.4 Å². The second-order valence-electron chi connectivity index (χ2n) is 6.30. The highest BCUT2D eigenvalue weighted by atomic mass is 27.2. The fraction of sp³-hybridized carbons (Fsp3) is 0.0526. The largest absolute Gasteiger partial charge is 0.491 e. The van der Waals surface area contributed by atoms with Crippen LogP contribution in [0.25, 0.3) is 0 Å². The molecular weight excluding hydrogens is 480 g/mol. The highest BCUT2D eigenvalue weighted by molar-refractivity contribution is 6.95. The fourth-order valence-electron chi connectivity index (χ4n) is 3.16. The van der Waals surface area contributed by atoms with Crippen LogP contribution in [0.2, 0.25) is 0 Å². The summed E-state index contributed by atoms with van der Waals surface area (Å²) in [6.07, 6.45) is 0. The topological polar surface area (TPSA) is 9.23 Å². The first-order valence-electron chi connectivity index (χ1n) is 8.29.